The summed E-state index contributed by atoms with van der Waals surface area (Å²) in [5.41, 5.74) is 3.26. The molecule has 0 saturated carbocycles. The van der Waals surface area contributed by atoms with Crippen LogP contribution in [0.1, 0.15) is 36.5 Å². The molecule has 1 aliphatic rings. The molecular weight excluding hydrogens is 314 g/mol. The van der Waals surface area contributed by atoms with E-state index < -0.39 is 5.97 Å². The van der Waals surface area contributed by atoms with E-state index in [4.69, 9.17) is 9.47 Å². The van der Waals surface area contributed by atoms with E-state index in [1.54, 1.807) is 13.2 Å². The number of esters is 1. The Kier molecular flexibility index (Phi) is 5.29. The highest BCUT2D eigenvalue weighted by atomic mass is 16.6. The Morgan fingerprint density at radius 3 is 2.44 bits per heavy atom. The molecule has 2 aromatic rings. The van der Waals surface area contributed by atoms with Crippen molar-refractivity contribution in [1.29, 1.82) is 0 Å². The molecule has 0 radical (unpaired) electrons. The molecule has 0 saturated heterocycles. The summed E-state index contributed by atoms with van der Waals surface area (Å²) in [6.07, 6.45) is 5.12. The number of rotatable bonds is 6. The number of cyclic esters (lactones) is 1. The minimum atomic E-state index is -0.430. The number of ether oxygens (including phenoxy) is 2. The second-order valence-corrected chi connectivity index (χ2v) is 5.91. The molecular formula is C21H21NO3. The number of methoxy groups -OCH3 is 1. The lowest BCUT2D eigenvalue weighted by Crippen LogP contribution is -2.05. The van der Waals surface area contributed by atoms with Crippen molar-refractivity contribution in [3.05, 3.63) is 70.9 Å². The fraction of sp³-hybridized carbons (Fsp3) is 0.238. The summed E-state index contributed by atoms with van der Waals surface area (Å²) in [5, 5.41) is 0. The number of hydrogen-bond acceptors (Lipinski definition) is 4. The Morgan fingerprint density at radius 2 is 1.80 bits per heavy atom. The van der Waals surface area contributed by atoms with Gasteiger partial charge in [-0.15, -0.1) is 0 Å². The smallest absolute Gasteiger partial charge is 0.363 e. The molecule has 0 bridgehead atoms. The van der Waals surface area contributed by atoms with Gasteiger partial charge in [-0.3, -0.25) is 0 Å². The second-order valence-electron chi connectivity index (χ2n) is 5.91. The van der Waals surface area contributed by atoms with Crippen LogP contribution in [0.2, 0.25) is 0 Å². The fourth-order valence-electron chi connectivity index (χ4n) is 2.59. The largest absolute Gasteiger partial charge is 0.497 e. The van der Waals surface area contributed by atoms with Gasteiger partial charge in [0.15, 0.2) is 5.70 Å². The first kappa shape index (κ1) is 17.0. The maximum absolute atomic E-state index is 12.1. The van der Waals surface area contributed by atoms with Gasteiger partial charge in [-0.05, 0) is 54.3 Å². The first-order valence-corrected chi connectivity index (χ1v) is 8.45. The lowest BCUT2D eigenvalue weighted by atomic mass is 10.1. The van der Waals surface area contributed by atoms with Crippen molar-refractivity contribution in [2.45, 2.75) is 26.2 Å². The molecule has 0 atom stereocenters. The maximum Gasteiger partial charge on any atom is 0.363 e. The number of unbranched alkanes of at least 4 members (excludes halogenated alkanes) is 1. The molecule has 4 heteroatoms. The van der Waals surface area contributed by atoms with Crippen molar-refractivity contribution in [2.24, 2.45) is 4.99 Å². The predicted octanol–water partition coefficient (Wildman–Crippen LogP) is 4.38. The maximum atomic E-state index is 12.1. The number of carbonyl (C=O) groups is 1. The predicted molar refractivity (Wildman–Crippen MR) is 98.7 cm³/mol. The van der Waals surface area contributed by atoms with Gasteiger partial charge in [-0.2, -0.15) is 0 Å². The minimum Gasteiger partial charge on any atom is -0.497 e. The van der Waals surface area contributed by atoms with Gasteiger partial charge < -0.3 is 9.47 Å². The molecule has 0 amide bonds. The van der Waals surface area contributed by atoms with Crippen molar-refractivity contribution >= 4 is 17.9 Å². The van der Waals surface area contributed by atoms with E-state index in [-0.39, 0.29) is 0 Å². The number of hydrogen-bond donors (Lipinski definition) is 0. The average molecular weight is 335 g/mol. The van der Waals surface area contributed by atoms with Crippen LogP contribution in [0.15, 0.2) is 59.2 Å². The Balaban J connectivity index is 1.78. The molecule has 2 aromatic carbocycles. The summed E-state index contributed by atoms with van der Waals surface area (Å²) in [5.74, 6) is 0.691. The van der Waals surface area contributed by atoms with Crippen LogP contribution in [0.5, 0.6) is 5.75 Å². The second kappa shape index (κ2) is 7.79. The highest BCUT2D eigenvalue weighted by Gasteiger charge is 2.24. The van der Waals surface area contributed by atoms with E-state index in [1.807, 2.05) is 36.4 Å². The van der Waals surface area contributed by atoms with Gasteiger partial charge in [-0.25, -0.2) is 9.79 Å². The highest BCUT2D eigenvalue weighted by Crippen LogP contribution is 2.21. The van der Waals surface area contributed by atoms with Gasteiger partial charge in [0.05, 0.1) is 7.11 Å². The Morgan fingerprint density at radius 1 is 1.08 bits per heavy atom. The average Bonchev–Trinajstić information content (AvgIpc) is 3.01. The van der Waals surface area contributed by atoms with Crippen molar-refractivity contribution < 1.29 is 14.3 Å². The van der Waals surface area contributed by atoms with Crippen LogP contribution in [0.4, 0.5) is 0 Å². The molecule has 3 rings (SSSR count). The summed E-state index contributed by atoms with van der Waals surface area (Å²) in [4.78, 5) is 16.4. The van der Waals surface area contributed by atoms with Gasteiger partial charge in [0, 0.05) is 5.56 Å². The molecule has 128 valence electrons. The normalized spacial score (nSPS) is 15.2. The molecule has 0 aromatic heterocycles. The van der Waals surface area contributed by atoms with E-state index in [0.717, 1.165) is 23.3 Å². The third-order valence-corrected chi connectivity index (χ3v) is 4.06. The van der Waals surface area contributed by atoms with Gasteiger partial charge in [0.25, 0.3) is 0 Å². The van der Waals surface area contributed by atoms with Crippen molar-refractivity contribution in [3.8, 4) is 5.75 Å². The first-order valence-electron chi connectivity index (χ1n) is 8.45. The third-order valence-electron chi connectivity index (χ3n) is 4.06. The number of aryl methyl sites for hydroxylation is 1. The Labute approximate surface area is 147 Å². The minimum absolute atomic E-state index is 0.301. The summed E-state index contributed by atoms with van der Waals surface area (Å²) >= 11 is 0. The van der Waals surface area contributed by atoms with Crippen molar-refractivity contribution in [3.63, 3.8) is 0 Å². The number of aliphatic imine (C=N–C) groups is 1. The van der Waals surface area contributed by atoms with Gasteiger partial charge in [0.2, 0.25) is 5.90 Å². The molecule has 1 aliphatic heterocycles. The Hall–Kier alpha value is -2.88. The number of carbonyl (C=O) groups excluding carboxylic acids is 1. The van der Waals surface area contributed by atoms with E-state index in [0.29, 0.717) is 11.6 Å². The quantitative estimate of drug-likeness (QED) is 0.581. The molecule has 0 fully saturated rings. The monoisotopic (exact) mass is 335 g/mol. The van der Waals surface area contributed by atoms with Crippen LogP contribution >= 0.6 is 0 Å². The molecule has 0 N–H and O–H groups in total. The van der Waals surface area contributed by atoms with E-state index in [1.165, 1.54) is 18.4 Å². The zero-order chi connectivity index (χ0) is 17.6. The highest BCUT2D eigenvalue weighted by molar-refractivity contribution is 6.12. The number of nitrogens with zero attached hydrogens (tertiary/aromatic N) is 1. The van der Waals surface area contributed by atoms with Crippen LogP contribution < -0.4 is 4.74 Å². The van der Waals surface area contributed by atoms with Crippen LogP contribution in [-0.2, 0) is 16.0 Å². The van der Waals surface area contributed by atoms with E-state index >= 15 is 0 Å². The SMILES string of the molecule is CCCCc1ccc(C2=N/C(=C\c3ccc(OC)cc3)C(=O)O2)cc1. The summed E-state index contributed by atoms with van der Waals surface area (Å²) in [6, 6.07) is 15.4. The summed E-state index contributed by atoms with van der Waals surface area (Å²) < 4.78 is 10.4. The molecule has 0 aliphatic carbocycles. The standard InChI is InChI=1S/C21H21NO3/c1-3-4-5-15-6-10-17(11-7-15)20-22-19(21(23)25-20)14-16-8-12-18(24-2)13-9-16/h6-14H,3-5H2,1-2H3/b19-14-. The summed E-state index contributed by atoms with van der Waals surface area (Å²) in [7, 11) is 1.62. The molecule has 25 heavy (non-hydrogen) atoms. The van der Waals surface area contributed by atoms with Gasteiger partial charge in [-0.1, -0.05) is 37.6 Å². The molecule has 1 heterocycles. The van der Waals surface area contributed by atoms with Crippen molar-refractivity contribution in [2.75, 3.05) is 7.11 Å². The van der Waals surface area contributed by atoms with Crippen LogP contribution in [-0.4, -0.2) is 19.0 Å². The lowest BCUT2D eigenvalue weighted by molar-refractivity contribution is -0.129. The zero-order valence-electron chi connectivity index (χ0n) is 14.5. The summed E-state index contributed by atoms with van der Waals surface area (Å²) in [6.45, 7) is 2.18. The molecule has 0 unspecified atom stereocenters. The fourth-order valence-corrected chi connectivity index (χ4v) is 2.59. The van der Waals surface area contributed by atoms with Crippen LogP contribution in [0, 0.1) is 0 Å². The van der Waals surface area contributed by atoms with Crippen LogP contribution in [0.3, 0.4) is 0 Å². The van der Waals surface area contributed by atoms with Gasteiger partial charge in [0.1, 0.15) is 5.75 Å². The number of benzene rings is 2. The van der Waals surface area contributed by atoms with E-state index in [2.05, 4.69) is 24.0 Å². The molecule has 0 spiro atoms. The van der Waals surface area contributed by atoms with Gasteiger partial charge >= 0.3 is 5.97 Å². The third kappa shape index (κ3) is 4.15. The lowest BCUT2D eigenvalue weighted by Gasteiger charge is -2.02. The topological polar surface area (TPSA) is 47.9 Å². The van der Waals surface area contributed by atoms with E-state index in [9.17, 15) is 4.79 Å². The molecule has 4 nitrogen and oxygen atoms in total. The van der Waals surface area contributed by atoms with Crippen molar-refractivity contribution in [1.82, 2.24) is 0 Å². The Bertz CT molecular complexity index is 802. The zero-order valence-corrected chi connectivity index (χ0v) is 14.5. The first-order chi connectivity index (χ1) is 12.2. The van der Waals surface area contributed by atoms with Crippen LogP contribution in [0.25, 0.3) is 6.08 Å².